The van der Waals surface area contributed by atoms with Crippen molar-refractivity contribution >= 4 is 11.3 Å². The normalized spacial score (nSPS) is 10.1. The molecule has 0 saturated heterocycles. The van der Waals surface area contributed by atoms with Crippen molar-refractivity contribution in [1.29, 1.82) is 0 Å². The number of aryl methyl sites for hydroxylation is 23. The lowest BCUT2D eigenvalue weighted by molar-refractivity contribution is 0.827. The maximum Gasteiger partial charge on any atom is 0.125 e. The van der Waals surface area contributed by atoms with Gasteiger partial charge in [0.05, 0.1) is 67.6 Å². The molecule has 84 heavy (non-hydrogen) atoms. The molecule has 17 nitrogen and oxygen atoms in total. The molecule has 18 heteroatoms. The van der Waals surface area contributed by atoms with Gasteiger partial charge in [0.25, 0.3) is 0 Å². The standard InChI is InChI=1S/4C8H12N2.4C7H12N2.C6H9NS/c1-5-6(2)10-8(4)7(3)9-5;2*1-5-6(2)9-8(4)10-7(5)3;1-5-6(2)8(4)10-9-7(5)3;4*1-5-6(2)9(4)7(3)8-5;1-4-5(2)8-6(3)7-4/h4*1-4H3;4*1-4H3;1-3H3. The lowest BCUT2D eigenvalue weighted by Gasteiger charge is -2.03. The Morgan fingerprint density at radius 3 is 0.571 bits per heavy atom. The first-order chi connectivity index (χ1) is 38.7. The Morgan fingerprint density at radius 2 is 0.440 bits per heavy atom. The van der Waals surface area contributed by atoms with Gasteiger partial charge in [0, 0.05) is 78.6 Å². The van der Waals surface area contributed by atoms with E-state index in [0.717, 1.165) is 115 Å². The van der Waals surface area contributed by atoms with Gasteiger partial charge >= 0.3 is 0 Å². The van der Waals surface area contributed by atoms with Crippen LogP contribution in [-0.4, -0.2) is 83.3 Å². The highest BCUT2D eigenvalue weighted by atomic mass is 32.1. The minimum Gasteiger partial charge on any atom is -0.335 e. The highest BCUT2D eigenvalue weighted by Gasteiger charge is 2.06. The Labute approximate surface area is 510 Å². The van der Waals surface area contributed by atoms with E-state index in [4.69, 9.17) is 0 Å². The van der Waals surface area contributed by atoms with Gasteiger partial charge in [-0.2, -0.15) is 10.2 Å². The predicted molar refractivity (Wildman–Crippen MR) is 350 cm³/mol. The zero-order valence-electron chi connectivity index (χ0n) is 58.5. The zero-order chi connectivity index (χ0) is 65.1. The van der Waals surface area contributed by atoms with E-state index in [1.54, 1.807) is 11.3 Å². The Hall–Kier alpha value is -7.21. The Morgan fingerprint density at radius 1 is 0.214 bits per heavy atom. The molecule has 0 N–H and O–H groups in total. The topological polar surface area (TPSA) is 187 Å². The van der Waals surface area contributed by atoms with E-state index in [1.807, 2.05) is 194 Å². The largest absolute Gasteiger partial charge is 0.335 e. The summed E-state index contributed by atoms with van der Waals surface area (Å²) in [6.45, 7) is 62.7. The van der Waals surface area contributed by atoms with Crippen molar-refractivity contribution in [3.63, 3.8) is 0 Å². The minimum absolute atomic E-state index is 0.862. The van der Waals surface area contributed by atoms with Crippen molar-refractivity contribution in [3.8, 4) is 0 Å². The third-order valence-corrected chi connectivity index (χ3v) is 16.7. The van der Waals surface area contributed by atoms with Crippen LogP contribution in [0.25, 0.3) is 0 Å². The second kappa shape index (κ2) is 33.9. The van der Waals surface area contributed by atoms with Gasteiger partial charge in [-0.05, 0) is 237 Å². The number of aromatic nitrogens is 17. The van der Waals surface area contributed by atoms with Crippen LogP contribution in [0.5, 0.6) is 0 Å². The first-order valence-corrected chi connectivity index (χ1v) is 29.4. The van der Waals surface area contributed by atoms with E-state index in [2.05, 4.69) is 132 Å². The van der Waals surface area contributed by atoms with Gasteiger partial charge in [-0.15, -0.1) is 11.3 Å². The SMILES string of the molecule is Cc1nc(C)c(C)c(C)n1.Cc1nc(C)c(C)c(C)n1.Cc1nc(C)c(C)nc1C.Cc1nc(C)c(C)s1.Cc1nc(C)n(C)c1C.Cc1nc(C)n(C)c1C.Cc1nc(C)n(C)c1C.Cc1nc(C)n(C)c1C.Cc1nnc(C)c(C)c1C. The highest BCUT2D eigenvalue weighted by Crippen LogP contribution is 2.15. The third-order valence-electron chi connectivity index (χ3n) is 15.7. The summed E-state index contributed by atoms with van der Waals surface area (Å²) in [6, 6.07) is 0. The molecule has 0 fully saturated rings. The van der Waals surface area contributed by atoms with Crippen molar-refractivity contribution in [1.82, 2.24) is 83.3 Å². The fourth-order valence-corrected chi connectivity index (χ4v) is 8.54. The number of hydrogen-bond acceptors (Lipinski definition) is 14. The zero-order valence-corrected chi connectivity index (χ0v) is 59.3. The highest BCUT2D eigenvalue weighted by molar-refractivity contribution is 7.11. The first-order valence-electron chi connectivity index (χ1n) is 28.6. The summed E-state index contributed by atoms with van der Waals surface area (Å²) in [6.07, 6.45) is 0. The lowest BCUT2D eigenvalue weighted by Crippen LogP contribution is -1.97. The van der Waals surface area contributed by atoms with Crippen LogP contribution >= 0.6 is 11.3 Å². The second-order valence-corrected chi connectivity index (χ2v) is 23.2. The average Bonchev–Trinajstić information content (AvgIpc) is 4.07. The van der Waals surface area contributed by atoms with Crippen molar-refractivity contribution in [2.75, 3.05) is 0 Å². The molecule has 0 unspecified atom stereocenters. The molecule has 0 spiro atoms. The Bertz CT molecular complexity index is 3090. The van der Waals surface area contributed by atoms with E-state index >= 15 is 0 Å². The quantitative estimate of drug-likeness (QED) is 0.140. The maximum absolute atomic E-state index is 4.31. The lowest BCUT2D eigenvalue weighted by atomic mass is 10.1. The van der Waals surface area contributed by atoms with Gasteiger partial charge in [-0.3, -0.25) is 9.97 Å². The van der Waals surface area contributed by atoms with Crippen LogP contribution in [-0.2, 0) is 28.2 Å². The van der Waals surface area contributed by atoms with Crippen molar-refractivity contribution in [2.45, 2.75) is 215 Å². The molecule has 9 heterocycles. The Balaban J connectivity index is 0.000000473. The number of imidazole rings is 4. The molecule has 0 saturated carbocycles. The molecule has 460 valence electrons. The maximum atomic E-state index is 4.31. The summed E-state index contributed by atoms with van der Waals surface area (Å²) in [5.41, 5.74) is 26.2. The molecule has 9 aromatic heterocycles. The second-order valence-electron chi connectivity index (χ2n) is 21.7. The van der Waals surface area contributed by atoms with Crippen molar-refractivity contribution in [2.24, 2.45) is 28.2 Å². The first kappa shape index (κ1) is 74.8. The molecule has 0 amide bonds. The van der Waals surface area contributed by atoms with Crippen molar-refractivity contribution < 1.29 is 0 Å². The van der Waals surface area contributed by atoms with E-state index < -0.39 is 0 Å². The van der Waals surface area contributed by atoms with Crippen LogP contribution in [0.15, 0.2) is 0 Å². The predicted octanol–water partition coefficient (Wildman–Crippen LogP) is 14.3. The van der Waals surface area contributed by atoms with Gasteiger partial charge < -0.3 is 18.3 Å². The van der Waals surface area contributed by atoms with Gasteiger partial charge in [-0.25, -0.2) is 44.9 Å². The van der Waals surface area contributed by atoms with E-state index in [0.29, 0.717) is 0 Å². The Kier molecular flexibility index (Phi) is 30.2. The molecular weight excluding hydrogens is 1060 g/mol. The molecule has 9 aromatic rings. The fourth-order valence-electron chi connectivity index (χ4n) is 7.72. The van der Waals surface area contributed by atoms with Gasteiger partial charge in [0.2, 0.25) is 0 Å². The van der Waals surface area contributed by atoms with E-state index in [-0.39, 0.29) is 0 Å². The van der Waals surface area contributed by atoms with Gasteiger partial charge in [0.15, 0.2) is 0 Å². The molecule has 0 aliphatic carbocycles. The summed E-state index contributed by atoms with van der Waals surface area (Å²) in [5, 5.41) is 9.14. The molecule has 0 aliphatic rings. The number of nitrogens with zero attached hydrogens (tertiary/aromatic N) is 17. The molecule has 0 aliphatic heterocycles. The smallest absolute Gasteiger partial charge is 0.125 e. The van der Waals surface area contributed by atoms with E-state index in [1.165, 1.54) is 60.6 Å². The third kappa shape index (κ3) is 22.8. The number of rotatable bonds is 0. The summed E-state index contributed by atoms with van der Waals surface area (Å²) < 4.78 is 8.37. The minimum atomic E-state index is 0.862. The van der Waals surface area contributed by atoms with Crippen LogP contribution < -0.4 is 0 Å². The molecular formula is C66H105N17S. The monoisotopic (exact) mass is 1170 g/mol. The molecule has 0 aromatic carbocycles. The molecule has 0 atom stereocenters. The van der Waals surface area contributed by atoms with Gasteiger partial charge in [0.1, 0.15) is 34.9 Å². The van der Waals surface area contributed by atoms with Crippen molar-refractivity contribution in [3.05, 3.63) is 175 Å². The molecule has 0 radical (unpaired) electrons. The van der Waals surface area contributed by atoms with Crippen LogP contribution in [0.1, 0.15) is 175 Å². The fraction of sp³-hybridized carbons (Fsp3) is 0.530. The summed E-state index contributed by atoms with van der Waals surface area (Å²) in [7, 11) is 8.13. The number of hydrogen-bond donors (Lipinski definition) is 0. The number of thiazole rings is 1. The summed E-state index contributed by atoms with van der Waals surface area (Å²) in [5.74, 6) is 6.08. The van der Waals surface area contributed by atoms with Crippen LogP contribution in [0, 0.1) is 215 Å². The summed E-state index contributed by atoms with van der Waals surface area (Å²) in [4.78, 5) is 48.2. The molecule has 0 bridgehead atoms. The van der Waals surface area contributed by atoms with Crippen LogP contribution in [0.3, 0.4) is 0 Å². The molecule has 9 rings (SSSR count). The van der Waals surface area contributed by atoms with Crippen LogP contribution in [0.2, 0.25) is 0 Å². The average molecular weight is 1170 g/mol. The van der Waals surface area contributed by atoms with E-state index in [9.17, 15) is 0 Å². The van der Waals surface area contributed by atoms with Crippen LogP contribution in [0.4, 0.5) is 0 Å². The van der Waals surface area contributed by atoms with Gasteiger partial charge in [-0.1, -0.05) is 0 Å². The summed E-state index contributed by atoms with van der Waals surface area (Å²) >= 11 is 1.76.